The van der Waals surface area contributed by atoms with E-state index in [9.17, 15) is 9.59 Å². The summed E-state index contributed by atoms with van der Waals surface area (Å²) >= 11 is 0. The Labute approximate surface area is 116 Å². The lowest BCUT2D eigenvalue weighted by Crippen LogP contribution is -2.30. The number of carbonyl (C=O) groups excluding carboxylic acids is 1. The fourth-order valence-corrected chi connectivity index (χ4v) is 1.39. The van der Waals surface area contributed by atoms with Gasteiger partial charge in [-0.15, -0.1) is 0 Å². The van der Waals surface area contributed by atoms with Crippen LogP contribution in [0.2, 0.25) is 0 Å². The number of rotatable bonds is 9. The van der Waals surface area contributed by atoms with Crippen molar-refractivity contribution in [1.82, 2.24) is 5.32 Å². The minimum atomic E-state index is -1.05. The van der Waals surface area contributed by atoms with E-state index in [-0.39, 0.29) is 12.5 Å². The maximum absolute atomic E-state index is 11.6. The Morgan fingerprint density at radius 1 is 1.35 bits per heavy atom. The normalized spacial score (nSPS) is 10.1. The van der Waals surface area contributed by atoms with Gasteiger partial charge in [0, 0.05) is 25.4 Å². The number of methoxy groups -OCH3 is 1. The summed E-state index contributed by atoms with van der Waals surface area (Å²) in [5.41, 5.74) is 0.548. The van der Waals surface area contributed by atoms with Crippen molar-refractivity contribution in [3.8, 4) is 5.75 Å². The van der Waals surface area contributed by atoms with Crippen molar-refractivity contribution in [3.05, 3.63) is 24.3 Å². The summed E-state index contributed by atoms with van der Waals surface area (Å²) in [6.07, 6.45) is 0. The molecule has 0 aliphatic heterocycles. The molecule has 1 aromatic rings. The predicted octanol–water partition coefficient (Wildman–Crippen LogP) is 0.325. The van der Waals surface area contributed by atoms with Gasteiger partial charge in [-0.3, -0.25) is 4.79 Å². The van der Waals surface area contributed by atoms with E-state index in [1.54, 1.807) is 31.4 Å². The van der Waals surface area contributed by atoms with Crippen LogP contribution >= 0.6 is 0 Å². The Bertz CT molecular complexity index is 450. The topological polar surface area (TPSA) is 96.9 Å². The average Bonchev–Trinajstić information content (AvgIpc) is 2.42. The molecular formula is C13H18N2O5. The van der Waals surface area contributed by atoms with Crippen molar-refractivity contribution in [3.63, 3.8) is 0 Å². The molecule has 0 unspecified atom stereocenters. The molecule has 1 rings (SSSR count). The second-order valence-electron chi connectivity index (χ2n) is 3.93. The highest BCUT2D eigenvalue weighted by Gasteiger charge is 2.04. The molecule has 0 bridgehead atoms. The van der Waals surface area contributed by atoms with Gasteiger partial charge in [-0.2, -0.15) is 0 Å². The number of anilines is 1. The van der Waals surface area contributed by atoms with E-state index in [1.165, 1.54) is 0 Å². The number of ether oxygens (including phenoxy) is 2. The zero-order chi connectivity index (χ0) is 14.8. The molecule has 0 aliphatic carbocycles. The number of benzene rings is 1. The first-order valence-corrected chi connectivity index (χ1v) is 6.06. The summed E-state index contributed by atoms with van der Waals surface area (Å²) in [6, 6.07) is 6.55. The Balaban J connectivity index is 2.40. The van der Waals surface area contributed by atoms with E-state index in [0.29, 0.717) is 24.6 Å². The predicted molar refractivity (Wildman–Crippen MR) is 72.9 cm³/mol. The number of hydrogen-bond donors (Lipinski definition) is 3. The zero-order valence-corrected chi connectivity index (χ0v) is 11.2. The van der Waals surface area contributed by atoms with Crippen molar-refractivity contribution in [2.45, 2.75) is 0 Å². The Hall–Kier alpha value is -2.12. The van der Waals surface area contributed by atoms with Crippen molar-refractivity contribution < 1.29 is 24.2 Å². The second kappa shape index (κ2) is 8.89. The molecule has 7 heteroatoms. The molecule has 7 nitrogen and oxygen atoms in total. The highest BCUT2D eigenvalue weighted by atomic mass is 16.5. The summed E-state index contributed by atoms with van der Waals surface area (Å²) in [7, 11) is 1.59. The number of carbonyl (C=O) groups is 2. The maximum Gasteiger partial charge on any atom is 0.341 e. The lowest BCUT2D eigenvalue weighted by Gasteiger charge is -2.08. The molecule has 0 saturated carbocycles. The monoisotopic (exact) mass is 282 g/mol. The molecule has 1 aromatic carbocycles. The minimum absolute atomic E-state index is 0.170. The van der Waals surface area contributed by atoms with Gasteiger partial charge in [-0.25, -0.2) is 4.79 Å². The molecule has 20 heavy (non-hydrogen) atoms. The first-order chi connectivity index (χ1) is 9.61. The first kappa shape index (κ1) is 15.9. The molecule has 0 saturated heterocycles. The lowest BCUT2D eigenvalue weighted by molar-refractivity contribution is -0.139. The van der Waals surface area contributed by atoms with Crippen LogP contribution in [-0.4, -0.2) is 50.4 Å². The molecule has 1 amide bonds. The number of nitrogens with one attached hydrogen (secondary N) is 2. The van der Waals surface area contributed by atoms with Crippen molar-refractivity contribution in [2.24, 2.45) is 0 Å². The second-order valence-corrected chi connectivity index (χ2v) is 3.93. The largest absolute Gasteiger partial charge is 0.482 e. The van der Waals surface area contributed by atoms with E-state index in [0.717, 1.165) is 0 Å². The molecule has 0 aromatic heterocycles. The fourth-order valence-electron chi connectivity index (χ4n) is 1.39. The van der Waals surface area contributed by atoms with Crippen LogP contribution in [0.5, 0.6) is 5.75 Å². The van der Waals surface area contributed by atoms with Gasteiger partial charge >= 0.3 is 5.97 Å². The van der Waals surface area contributed by atoms with Crippen molar-refractivity contribution >= 4 is 17.6 Å². The van der Waals surface area contributed by atoms with Crippen LogP contribution in [0.15, 0.2) is 24.3 Å². The standard InChI is InChI=1S/C13H18N2O5/c1-19-6-5-14-8-12(16)15-10-3-2-4-11(7-10)20-9-13(17)18/h2-4,7,14H,5-6,8-9H2,1H3,(H,15,16)(H,17,18). The van der Waals surface area contributed by atoms with Crippen LogP contribution in [0.3, 0.4) is 0 Å². The van der Waals surface area contributed by atoms with Gasteiger partial charge in [0.05, 0.1) is 13.2 Å². The summed E-state index contributed by atoms with van der Waals surface area (Å²) in [6.45, 7) is 0.872. The maximum atomic E-state index is 11.6. The smallest absolute Gasteiger partial charge is 0.341 e. The third kappa shape index (κ3) is 6.72. The van der Waals surface area contributed by atoms with Gasteiger partial charge in [0.1, 0.15) is 5.75 Å². The highest BCUT2D eigenvalue weighted by molar-refractivity contribution is 5.92. The van der Waals surface area contributed by atoms with Crippen LogP contribution in [0.1, 0.15) is 0 Å². The number of aliphatic carboxylic acids is 1. The van der Waals surface area contributed by atoms with Crippen molar-refractivity contribution in [1.29, 1.82) is 0 Å². The van der Waals surface area contributed by atoms with Crippen LogP contribution in [0.4, 0.5) is 5.69 Å². The lowest BCUT2D eigenvalue weighted by atomic mass is 10.3. The van der Waals surface area contributed by atoms with E-state index < -0.39 is 12.6 Å². The van der Waals surface area contributed by atoms with Crippen LogP contribution in [0.25, 0.3) is 0 Å². The molecule has 0 fully saturated rings. The molecule has 0 heterocycles. The number of carboxylic acid groups (broad SMARTS) is 1. The third-order valence-electron chi connectivity index (χ3n) is 2.25. The van der Waals surface area contributed by atoms with Gasteiger partial charge in [0.2, 0.25) is 5.91 Å². The Morgan fingerprint density at radius 3 is 2.85 bits per heavy atom. The molecule has 0 radical (unpaired) electrons. The van der Waals surface area contributed by atoms with E-state index in [1.807, 2.05) is 0 Å². The summed E-state index contributed by atoms with van der Waals surface area (Å²) < 4.78 is 9.86. The minimum Gasteiger partial charge on any atom is -0.482 e. The van der Waals surface area contributed by atoms with Crippen LogP contribution in [0, 0.1) is 0 Å². The molecule has 0 aliphatic rings. The van der Waals surface area contributed by atoms with Crippen molar-refractivity contribution in [2.75, 3.05) is 38.7 Å². The number of hydrogen-bond acceptors (Lipinski definition) is 5. The number of carboxylic acids is 1. The van der Waals surface area contributed by atoms with Crippen LogP contribution < -0.4 is 15.4 Å². The zero-order valence-electron chi connectivity index (χ0n) is 11.2. The molecule has 0 atom stereocenters. The summed E-state index contributed by atoms with van der Waals surface area (Å²) in [4.78, 5) is 22.0. The first-order valence-electron chi connectivity index (χ1n) is 6.06. The van der Waals surface area contributed by atoms with E-state index in [2.05, 4.69) is 10.6 Å². The average molecular weight is 282 g/mol. The number of amides is 1. The Kier molecular flexibility index (Phi) is 7.08. The summed E-state index contributed by atoms with van der Waals surface area (Å²) in [5, 5.41) is 14.1. The van der Waals surface area contributed by atoms with Gasteiger partial charge in [-0.1, -0.05) is 6.07 Å². The highest BCUT2D eigenvalue weighted by Crippen LogP contribution is 2.17. The van der Waals surface area contributed by atoms with E-state index >= 15 is 0 Å². The van der Waals surface area contributed by atoms with Gasteiger partial charge in [-0.05, 0) is 12.1 Å². The Morgan fingerprint density at radius 2 is 2.15 bits per heavy atom. The third-order valence-corrected chi connectivity index (χ3v) is 2.25. The van der Waals surface area contributed by atoms with E-state index in [4.69, 9.17) is 14.6 Å². The van der Waals surface area contributed by atoms with Gasteiger partial charge < -0.3 is 25.2 Å². The quantitative estimate of drug-likeness (QED) is 0.565. The van der Waals surface area contributed by atoms with Gasteiger partial charge in [0.15, 0.2) is 6.61 Å². The van der Waals surface area contributed by atoms with Gasteiger partial charge in [0.25, 0.3) is 0 Å². The molecule has 3 N–H and O–H groups in total. The SMILES string of the molecule is COCCNCC(=O)Nc1cccc(OCC(=O)O)c1. The fraction of sp³-hybridized carbons (Fsp3) is 0.385. The molecular weight excluding hydrogens is 264 g/mol. The van der Waals surface area contributed by atoms with Crippen LogP contribution in [-0.2, 0) is 14.3 Å². The molecule has 110 valence electrons. The summed E-state index contributed by atoms with van der Waals surface area (Å²) in [5.74, 6) is -0.865. The molecule has 0 spiro atoms.